The van der Waals surface area contributed by atoms with Crippen molar-refractivity contribution in [2.75, 3.05) is 24.5 Å². The number of nitrogens with zero attached hydrogens (tertiary/aromatic N) is 4. The summed E-state index contributed by atoms with van der Waals surface area (Å²) in [6.07, 6.45) is 9.18. The molecule has 7 nitrogen and oxygen atoms in total. The van der Waals surface area contributed by atoms with Crippen LogP contribution in [0.2, 0.25) is 0 Å². The fourth-order valence-electron chi connectivity index (χ4n) is 6.24. The van der Waals surface area contributed by atoms with Crippen LogP contribution in [0.15, 0.2) is 30.6 Å². The first-order chi connectivity index (χ1) is 15.9. The standard InChI is InChI=1S/C26H32N6O/c1-16-5-3-7-20-22(16)30-24(29-20)18-13-28-14-19(23(18)31-12-10-26(2,27)15-31)25(33)32-11-9-17-6-4-8-21(17)32/h3,5,7,13-14,17,21H,4,6,8-12,15,27H2,1-2H3,(H,29,30)/t17-,21?,26+/m1/s1. The van der Waals surface area contributed by atoms with Gasteiger partial charge in [-0.3, -0.25) is 9.78 Å². The zero-order chi connectivity index (χ0) is 22.7. The third-order valence-electron chi connectivity index (χ3n) is 7.96. The molecule has 172 valence electrons. The number of imidazole rings is 1. The first-order valence-electron chi connectivity index (χ1n) is 12.2. The number of carbonyl (C=O) groups excluding carboxylic acids is 1. The quantitative estimate of drug-likeness (QED) is 0.640. The number of nitrogens with two attached hydrogens (primary N) is 1. The van der Waals surface area contributed by atoms with Crippen molar-refractivity contribution in [3.8, 4) is 11.4 Å². The van der Waals surface area contributed by atoms with Crippen molar-refractivity contribution in [1.29, 1.82) is 0 Å². The smallest absolute Gasteiger partial charge is 0.257 e. The molecule has 0 spiro atoms. The number of likely N-dealkylation sites (tertiary alicyclic amines) is 1. The van der Waals surface area contributed by atoms with E-state index in [4.69, 9.17) is 10.7 Å². The highest BCUT2D eigenvalue weighted by molar-refractivity contribution is 6.03. The van der Waals surface area contributed by atoms with Crippen LogP contribution < -0.4 is 10.6 Å². The third kappa shape index (κ3) is 3.41. The molecular formula is C26H32N6O. The molecule has 6 rings (SSSR count). The van der Waals surface area contributed by atoms with Gasteiger partial charge in [-0.15, -0.1) is 0 Å². The molecule has 0 radical (unpaired) electrons. The highest BCUT2D eigenvalue weighted by atomic mass is 16.2. The molecule has 7 heteroatoms. The maximum Gasteiger partial charge on any atom is 0.257 e. The van der Waals surface area contributed by atoms with Crippen LogP contribution >= 0.6 is 0 Å². The molecule has 33 heavy (non-hydrogen) atoms. The number of fused-ring (bicyclic) bond motifs is 2. The zero-order valence-electron chi connectivity index (χ0n) is 19.5. The molecule has 0 bridgehead atoms. The molecular weight excluding hydrogens is 412 g/mol. The maximum absolute atomic E-state index is 13.9. The summed E-state index contributed by atoms with van der Waals surface area (Å²) in [6, 6.07) is 6.52. The van der Waals surface area contributed by atoms with Gasteiger partial charge in [0.2, 0.25) is 0 Å². The first-order valence-corrected chi connectivity index (χ1v) is 12.2. The molecule has 1 aliphatic carbocycles. The Labute approximate surface area is 194 Å². The SMILES string of the molecule is Cc1cccc2[nH]c(-c3cncc(C(=O)N4CC[C@H]5CCCC54)c3N3CC[C@](C)(N)C3)nc12. The number of aromatic nitrogens is 3. The van der Waals surface area contributed by atoms with Gasteiger partial charge in [0.15, 0.2) is 0 Å². The van der Waals surface area contributed by atoms with E-state index in [1.54, 1.807) is 6.20 Å². The molecule has 4 heterocycles. The van der Waals surface area contributed by atoms with Crippen molar-refractivity contribution in [2.24, 2.45) is 11.7 Å². The Morgan fingerprint density at radius 2 is 2.09 bits per heavy atom. The summed E-state index contributed by atoms with van der Waals surface area (Å²) in [4.78, 5) is 31.3. The average molecular weight is 445 g/mol. The van der Waals surface area contributed by atoms with Gasteiger partial charge in [0.25, 0.3) is 5.91 Å². The summed E-state index contributed by atoms with van der Waals surface area (Å²) in [5, 5.41) is 0. The minimum Gasteiger partial charge on any atom is -0.368 e. The monoisotopic (exact) mass is 444 g/mol. The van der Waals surface area contributed by atoms with E-state index in [0.29, 0.717) is 24.1 Å². The number of para-hydroxylation sites is 1. The molecule has 2 aromatic heterocycles. The number of rotatable bonds is 3. The van der Waals surface area contributed by atoms with Crippen molar-refractivity contribution in [2.45, 2.75) is 57.5 Å². The molecule has 3 N–H and O–H groups in total. The van der Waals surface area contributed by atoms with Gasteiger partial charge in [0.05, 0.1) is 27.8 Å². The summed E-state index contributed by atoms with van der Waals surface area (Å²) in [5.74, 6) is 1.51. The van der Waals surface area contributed by atoms with Gasteiger partial charge in [-0.05, 0) is 57.1 Å². The van der Waals surface area contributed by atoms with Gasteiger partial charge < -0.3 is 20.5 Å². The summed E-state index contributed by atoms with van der Waals surface area (Å²) >= 11 is 0. The minimum atomic E-state index is -0.282. The van der Waals surface area contributed by atoms with Crippen LogP contribution in [-0.2, 0) is 0 Å². The number of nitrogens with one attached hydrogen (secondary N) is 1. The van der Waals surface area contributed by atoms with E-state index in [9.17, 15) is 4.79 Å². The molecule has 3 fully saturated rings. The molecule has 2 saturated heterocycles. The second-order valence-electron chi connectivity index (χ2n) is 10.5. The minimum absolute atomic E-state index is 0.103. The maximum atomic E-state index is 13.9. The lowest BCUT2D eigenvalue weighted by Gasteiger charge is -2.29. The number of hydrogen-bond acceptors (Lipinski definition) is 5. The van der Waals surface area contributed by atoms with Crippen LogP contribution in [0.1, 0.15) is 54.9 Å². The normalized spacial score (nSPS) is 27.0. The number of benzene rings is 1. The van der Waals surface area contributed by atoms with E-state index in [2.05, 4.69) is 39.7 Å². The second-order valence-corrected chi connectivity index (χ2v) is 10.5. The summed E-state index contributed by atoms with van der Waals surface area (Å²) < 4.78 is 0. The Morgan fingerprint density at radius 3 is 2.88 bits per heavy atom. The highest BCUT2D eigenvalue weighted by Gasteiger charge is 2.42. The van der Waals surface area contributed by atoms with E-state index in [-0.39, 0.29) is 11.4 Å². The van der Waals surface area contributed by atoms with E-state index in [0.717, 1.165) is 66.0 Å². The van der Waals surface area contributed by atoms with Crippen LogP contribution in [-0.4, -0.2) is 57.0 Å². The number of aryl methyl sites for hydroxylation is 1. The molecule has 1 aromatic carbocycles. The van der Waals surface area contributed by atoms with E-state index >= 15 is 0 Å². The summed E-state index contributed by atoms with van der Waals surface area (Å²) in [5.41, 5.74) is 11.8. The van der Waals surface area contributed by atoms with Crippen molar-refractivity contribution >= 4 is 22.6 Å². The Bertz CT molecular complexity index is 1230. The van der Waals surface area contributed by atoms with Crippen LogP contribution in [0.3, 0.4) is 0 Å². The third-order valence-corrected chi connectivity index (χ3v) is 7.96. The van der Waals surface area contributed by atoms with Crippen LogP contribution in [0.5, 0.6) is 0 Å². The van der Waals surface area contributed by atoms with Crippen LogP contribution in [0.25, 0.3) is 22.4 Å². The molecule has 1 saturated carbocycles. The fourth-order valence-corrected chi connectivity index (χ4v) is 6.24. The number of aromatic amines is 1. The lowest BCUT2D eigenvalue weighted by Crippen LogP contribution is -2.40. The Morgan fingerprint density at radius 1 is 1.21 bits per heavy atom. The van der Waals surface area contributed by atoms with Crippen molar-refractivity contribution in [3.05, 3.63) is 41.7 Å². The Kier molecular flexibility index (Phi) is 4.73. The predicted molar refractivity (Wildman–Crippen MR) is 130 cm³/mol. The molecule has 3 atom stereocenters. The summed E-state index contributed by atoms with van der Waals surface area (Å²) in [6.45, 7) is 6.52. The van der Waals surface area contributed by atoms with Gasteiger partial charge in [-0.1, -0.05) is 18.6 Å². The largest absolute Gasteiger partial charge is 0.368 e. The Balaban J connectivity index is 1.48. The molecule has 3 aliphatic rings. The number of H-pyrrole nitrogens is 1. The number of pyridine rings is 1. The molecule has 2 aliphatic heterocycles. The van der Waals surface area contributed by atoms with E-state index < -0.39 is 0 Å². The van der Waals surface area contributed by atoms with Crippen LogP contribution in [0.4, 0.5) is 5.69 Å². The zero-order valence-corrected chi connectivity index (χ0v) is 19.5. The number of carbonyl (C=O) groups is 1. The van der Waals surface area contributed by atoms with E-state index in [1.807, 2.05) is 18.3 Å². The number of hydrogen-bond donors (Lipinski definition) is 2. The first kappa shape index (κ1) is 20.7. The van der Waals surface area contributed by atoms with Gasteiger partial charge in [0, 0.05) is 43.6 Å². The van der Waals surface area contributed by atoms with Gasteiger partial charge in [0.1, 0.15) is 5.82 Å². The van der Waals surface area contributed by atoms with Gasteiger partial charge >= 0.3 is 0 Å². The lowest BCUT2D eigenvalue weighted by atomic mass is 10.0. The van der Waals surface area contributed by atoms with Gasteiger partial charge in [-0.2, -0.15) is 0 Å². The van der Waals surface area contributed by atoms with Crippen molar-refractivity contribution in [1.82, 2.24) is 19.9 Å². The topological polar surface area (TPSA) is 91.1 Å². The fraction of sp³-hybridized carbons (Fsp3) is 0.500. The van der Waals surface area contributed by atoms with E-state index in [1.165, 1.54) is 12.8 Å². The predicted octanol–water partition coefficient (Wildman–Crippen LogP) is 3.88. The van der Waals surface area contributed by atoms with Crippen LogP contribution in [0, 0.1) is 12.8 Å². The second kappa shape index (κ2) is 7.55. The van der Waals surface area contributed by atoms with Gasteiger partial charge in [-0.25, -0.2) is 4.98 Å². The highest BCUT2D eigenvalue weighted by Crippen LogP contribution is 2.41. The number of amides is 1. The average Bonchev–Trinajstić information content (AvgIpc) is 3.56. The Hall–Kier alpha value is -2.93. The van der Waals surface area contributed by atoms with Crippen molar-refractivity contribution < 1.29 is 4.79 Å². The molecule has 1 amide bonds. The molecule has 1 unspecified atom stereocenters. The number of anilines is 1. The molecule has 3 aromatic rings. The summed E-state index contributed by atoms with van der Waals surface area (Å²) in [7, 11) is 0. The van der Waals surface area contributed by atoms with Crippen molar-refractivity contribution in [3.63, 3.8) is 0 Å². The lowest BCUT2D eigenvalue weighted by molar-refractivity contribution is 0.0729.